The van der Waals surface area contributed by atoms with Crippen LogP contribution in [0.3, 0.4) is 0 Å². The van der Waals surface area contributed by atoms with Crippen LogP contribution in [0.4, 0.5) is 0 Å². The van der Waals surface area contributed by atoms with Crippen molar-refractivity contribution in [1.29, 1.82) is 0 Å². The zero-order valence-electron chi connectivity index (χ0n) is 17.7. The highest BCUT2D eigenvalue weighted by Gasteiger charge is 2.30. The fraction of sp³-hybridized carbons (Fsp3) is 0.143. The van der Waals surface area contributed by atoms with Crippen molar-refractivity contribution in [2.24, 2.45) is 0 Å². The van der Waals surface area contributed by atoms with E-state index in [1.165, 1.54) is 6.92 Å². The van der Waals surface area contributed by atoms with Crippen LogP contribution >= 0.6 is 0 Å². The Labute approximate surface area is 185 Å². The van der Waals surface area contributed by atoms with Crippen LogP contribution in [0.2, 0.25) is 0 Å². The number of benzene rings is 4. The van der Waals surface area contributed by atoms with Gasteiger partial charge >= 0.3 is 0 Å². The van der Waals surface area contributed by atoms with E-state index in [4.69, 9.17) is 0 Å². The first-order chi connectivity index (χ1) is 15.5. The van der Waals surface area contributed by atoms with Crippen LogP contribution in [0.25, 0.3) is 21.5 Å². The number of fused-ring (bicyclic) bond motifs is 2. The first-order valence-corrected chi connectivity index (χ1v) is 10.5. The smallest absolute Gasteiger partial charge is 0.205 e. The molecule has 158 valence electrons. The summed E-state index contributed by atoms with van der Waals surface area (Å²) >= 11 is 0. The Morgan fingerprint density at radius 1 is 0.656 bits per heavy atom. The lowest BCUT2D eigenvalue weighted by Crippen LogP contribution is -2.23. The third kappa shape index (κ3) is 4.26. The minimum atomic E-state index is -0.838. The molecule has 32 heavy (non-hydrogen) atoms. The summed E-state index contributed by atoms with van der Waals surface area (Å²) in [6, 6.07) is 26.4. The topological polar surface area (TPSA) is 68.3 Å². The summed E-state index contributed by atoms with van der Waals surface area (Å²) in [7, 11) is 0. The van der Waals surface area contributed by atoms with Gasteiger partial charge in [-0.1, -0.05) is 84.9 Å². The largest absolute Gasteiger partial charge is 0.300 e. The summed E-state index contributed by atoms with van der Waals surface area (Å²) in [5, 5.41) is 3.53. The number of ketones is 4. The molecule has 0 spiro atoms. The maximum absolute atomic E-state index is 13.9. The number of carbonyl (C=O) groups is 4. The second-order valence-corrected chi connectivity index (χ2v) is 7.94. The number of carbonyl (C=O) groups excluding carboxylic acids is 4. The number of hydrogen-bond donors (Lipinski definition) is 0. The van der Waals surface area contributed by atoms with Gasteiger partial charge in [-0.3, -0.25) is 19.2 Å². The van der Waals surface area contributed by atoms with E-state index in [0.717, 1.165) is 21.5 Å². The van der Waals surface area contributed by atoms with E-state index in [2.05, 4.69) is 0 Å². The predicted molar refractivity (Wildman–Crippen MR) is 125 cm³/mol. The average Bonchev–Trinajstić information content (AvgIpc) is 2.81. The van der Waals surface area contributed by atoms with E-state index in [-0.39, 0.29) is 18.0 Å². The highest BCUT2D eigenvalue weighted by Crippen LogP contribution is 2.33. The van der Waals surface area contributed by atoms with Crippen LogP contribution in [0.15, 0.2) is 84.9 Å². The van der Waals surface area contributed by atoms with Crippen LogP contribution in [-0.4, -0.2) is 23.1 Å². The van der Waals surface area contributed by atoms with Gasteiger partial charge < -0.3 is 0 Å². The van der Waals surface area contributed by atoms with Gasteiger partial charge in [0.05, 0.1) is 12.3 Å². The molecule has 0 aliphatic rings. The quantitative estimate of drug-likeness (QED) is 0.215. The Morgan fingerprint density at radius 2 is 1.22 bits per heavy atom. The van der Waals surface area contributed by atoms with Gasteiger partial charge in [-0.25, -0.2) is 0 Å². The third-order valence-electron chi connectivity index (χ3n) is 5.68. The standard InChI is InChI=1S/C28H22O4/c1-18(29)16-26(30)27(31)17-25(23-14-6-10-19-8-2-4-12-21(19)23)28(32)24-15-7-11-20-9-3-5-13-22(20)24/h2-15,25H,16-17H2,1H3. The molecule has 1 atom stereocenters. The molecule has 0 bridgehead atoms. The second kappa shape index (κ2) is 9.06. The van der Waals surface area contributed by atoms with E-state index in [1.807, 2.05) is 78.9 Å². The zero-order chi connectivity index (χ0) is 22.7. The van der Waals surface area contributed by atoms with Crippen molar-refractivity contribution >= 4 is 44.7 Å². The van der Waals surface area contributed by atoms with Gasteiger partial charge in [0.2, 0.25) is 5.78 Å². The summed E-state index contributed by atoms with van der Waals surface area (Å²) in [5.41, 5.74) is 1.21. The molecule has 0 saturated heterocycles. The maximum atomic E-state index is 13.9. The molecule has 0 heterocycles. The van der Waals surface area contributed by atoms with Crippen molar-refractivity contribution in [3.8, 4) is 0 Å². The predicted octanol–water partition coefficient (Wildman–Crippen LogP) is 5.47. The molecular formula is C28H22O4. The monoisotopic (exact) mass is 422 g/mol. The minimum absolute atomic E-state index is 0.220. The van der Waals surface area contributed by atoms with E-state index in [0.29, 0.717) is 11.1 Å². The lowest BCUT2D eigenvalue weighted by molar-refractivity contribution is -0.138. The molecule has 0 radical (unpaired) electrons. The van der Waals surface area contributed by atoms with Gasteiger partial charge in [-0.2, -0.15) is 0 Å². The molecule has 4 aromatic rings. The van der Waals surface area contributed by atoms with E-state index < -0.39 is 23.9 Å². The molecular weight excluding hydrogens is 400 g/mol. The van der Waals surface area contributed by atoms with Crippen molar-refractivity contribution in [1.82, 2.24) is 0 Å². The molecule has 4 rings (SSSR count). The van der Waals surface area contributed by atoms with E-state index in [1.54, 1.807) is 6.07 Å². The van der Waals surface area contributed by atoms with Crippen molar-refractivity contribution in [3.63, 3.8) is 0 Å². The molecule has 0 aliphatic heterocycles. The first-order valence-electron chi connectivity index (χ1n) is 10.5. The van der Waals surface area contributed by atoms with Gasteiger partial charge in [0.25, 0.3) is 0 Å². The molecule has 0 fully saturated rings. The lowest BCUT2D eigenvalue weighted by atomic mass is 9.82. The zero-order valence-corrected chi connectivity index (χ0v) is 17.7. The second-order valence-electron chi connectivity index (χ2n) is 7.94. The molecule has 4 nitrogen and oxygen atoms in total. The van der Waals surface area contributed by atoms with Gasteiger partial charge in [0.15, 0.2) is 11.6 Å². The molecule has 1 unspecified atom stereocenters. The summed E-state index contributed by atoms with van der Waals surface area (Å²) in [4.78, 5) is 50.2. The van der Waals surface area contributed by atoms with Crippen LogP contribution in [0.5, 0.6) is 0 Å². The summed E-state index contributed by atoms with van der Waals surface area (Å²) in [5.74, 6) is -2.89. The highest BCUT2D eigenvalue weighted by atomic mass is 16.2. The molecule has 4 aromatic carbocycles. The van der Waals surface area contributed by atoms with Crippen LogP contribution in [0, 0.1) is 0 Å². The highest BCUT2D eigenvalue weighted by molar-refractivity contribution is 6.40. The molecule has 4 heteroatoms. The fourth-order valence-electron chi connectivity index (χ4n) is 4.15. The fourth-order valence-corrected chi connectivity index (χ4v) is 4.15. The van der Waals surface area contributed by atoms with Crippen LogP contribution in [-0.2, 0) is 14.4 Å². The number of Topliss-reactive ketones (excluding diaryl/α,β-unsaturated/α-hetero) is 4. The van der Waals surface area contributed by atoms with E-state index >= 15 is 0 Å². The van der Waals surface area contributed by atoms with Gasteiger partial charge in [0, 0.05) is 12.0 Å². The number of hydrogen-bond acceptors (Lipinski definition) is 4. The number of rotatable bonds is 8. The summed E-state index contributed by atoms with van der Waals surface area (Å²) in [6.45, 7) is 1.27. The van der Waals surface area contributed by atoms with Gasteiger partial charge in [0.1, 0.15) is 5.78 Å². The average molecular weight is 422 g/mol. The van der Waals surface area contributed by atoms with Crippen molar-refractivity contribution in [2.45, 2.75) is 25.7 Å². The molecule has 0 aromatic heterocycles. The maximum Gasteiger partial charge on any atom is 0.205 e. The SMILES string of the molecule is CC(=O)CC(=O)C(=O)CC(C(=O)c1cccc2ccccc12)c1cccc2ccccc12. The van der Waals surface area contributed by atoms with Crippen molar-refractivity contribution in [2.75, 3.05) is 0 Å². The normalized spacial score (nSPS) is 11.9. The third-order valence-corrected chi connectivity index (χ3v) is 5.68. The van der Waals surface area contributed by atoms with Crippen LogP contribution in [0.1, 0.15) is 41.6 Å². The van der Waals surface area contributed by atoms with Crippen LogP contribution < -0.4 is 0 Å². The molecule has 0 amide bonds. The molecule has 0 saturated carbocycles. The van der Waals surface area contributed by atoms with Gasteiger partial charge in [-0.05, 0) is 34.0 Å². The Bertz CT molecular complexity index is 1360. The molecule has 0 aliphatic carbocycles. The Kier molecular flexibility index (Phi) is 6.04. The molecule has 0 N–H and O–H groups in total. The summed E-state index contributed by atoms with van der Waals surface area (Å²) < 4.78 is 0. The Balaban J connectivity index is 1.83. The Morgan fingerprint density at radius 3 is 1.91 bits per heavy atom. The lowest BCUT2D eigenvalue weighted by Gasteiger charge is -2.19. The first kappa shape index (κ1) is 21.3. The Hall–Kier alpha value is -3.92. The minimum Gasteiger partial charge on any atom is -0.300 e. The van der Waals surface area contributed by atoms with Crippen molar-refractivity contribution in [3.05, 3.63) is 96.1 Å². The summed E-state index contributed by atoms with van der Waals surface area (Å²) in [6.07, 6.45) is -0.717. The van der Waals surface area contributed by atoms with Crippen molar-refractivity contribution < 1.29 is 19.2 Å². The van der Waals surface area contributed by atoms with E-state index in [9.17, 15) is 19.2 Å². The van der Waals surface area contributed by atoms with Gasteiger partial charge in [-0.15, -0.1) is 0 Å².